The number of amides is 1. The maximum atomic E-state index is 11.9. The molecule has 1 amide bonds. The van der Waals surface area contributed by atoms with Crippen molar-refractivity contribution in [3.8, 4) is 0 Å². The Morgan fingerprint density at radius 2 is 1.79 bits per heavy atom. The molecule has 0 fully saturated rings. The molecule has 0 atom stereocenters. The number of pyridine rings is 1. The highest BCUT2D eigenvalue weighted by Gasteiger charge is 2.18. The van der Waals surface area contributed by atoms with Gasteiger partial charge in [0.2, 0.25) is 0 Å². The number of ether oxygens (including phenoxy) is 1. The summed E-state index contributed by atoms with van der Waals surface area (Å²) >= 11 is 0. The molecule has 0 aliphatic rings. The average Bonchev–Trinajstić information content (AvgIpc) is 2.61. The van der Waals surface area contributed by atoms with Gasteiger partial charge in [-0.25, -0.2) is 4.79 Å². The van der Waals surface area contributed by atoms with Crippen molar-refractivity contribution >= 4 is 11.9 Å². The van der Waals surface area contributed by atoms with Crippen molar-refractivity contribution in [2.75, 3.05) is 13.2 Å². The number of rotatable bonds is 6. The summed E-state index contributed by atoms with van der Waals surface area (Å²) in [5.74, 6) is -1.22. The van der Waals surface area contributed by atoms with E-state index >= 15 is 0 Å². The first-order valence-electron chi connectivity index (χ1n) is 9.32. The van der Waals surface area contributed by atoms with Crippen molar-refractivity contribution in [1.29, 1.82) is 0 Å². The molecule has 2 rings (SSSR count). The highest BCUT2D eigenvalue weighted by Crippen LogP contribution is 2.27. The van der Waals surface area contributed by atoms with Gasteiger partial charge in [-0.05, 0) is 54.0 Å². The van der Waals surface area contributed by atoms with E-state index in [0.717, 1.165) is 0 Å². The van der Waals surface area contributed by atoms with Gasteiger partial charge in [-0.15, -0.1) is 0 Å². The Morgan fingerprint density at radius 1 is 1.14 bits per heavy atom. The van der Waals surface area contributed by atoms with Crippen LogP contribution in [-0.4, -0.2) is 25.0 Å². The quantitative estimate of drug-likeness (QED) is 0.472. The van der Waals surface area contributed by atoms with Gasteiger partial charge in [0.25, 0.3) is 5.91 Å². The molecule has 0 aliphatic heterocycles. The molecule has 6 nitrogen and oxygen atoms in total. The van der Waals surface area contributed by atoms with Crippen molar-refractivity contribution in [3.63, 3.8) is 0 Å². The molecule has 0 saturated heterocycles. The summed E-state index contributed by atoms with van der Waals surface area (Å²) in [7, 11) is 0. The van der Waals surface area contributed by atoms with Crippen LogP contribution in [0.1, 0.15) is 53.5 Å². The van der Waals surface area contributed by atoms with Crippen LogP contribution in [0.15, 0.2) is 36.5 Å². The lowest BCUT2D eigenvalue weighted by Crippen LogP contribution is -2.36. The Hall–Kier alpha value is -2.89. The van der Waals surface area contributed by atoms with Gasteiger partial charge in [0.1, 0.15) is 0 Å². The molecule has 28 heavy (non-hydrogen) atoms. The fourth-order valence-corrected chi connectivity index (χ4v) is 2.99. The van der Waals surface area contributed by atoms with E-state index in [1.165, 1.54) is 40.6 Å². The summed E-state index contributed by atoms with van der Waals surface area (Å²) in [6.45, 7) is 10.7. The van der Waals surface area contributed by atoms with Crippen molar-refractivity contribution in [3.05, 3.63) is 69.7 Å². The molecular weight excluding hydrogens is 356 g/mol. The molecule has 0 aliphatic carbocycles. The number of carbonyl (C=O) groups excluding carboxylic acids is 2. The summed E-state index contributed by atoms with van der Waals surface area (Å²) < 4.78 is 5.31. The van der Waals surface area contributed by atoms with E-state index in [-0.39, 0.29) is 11.1 Å². The van der Waals surface area contributed by atoms with Crippen molar-refractivity contribution < 1.29 is 19.1 Å². The van der Waals surface area contributed by atoms with E-state index in [0.29, 0.717) is 17.7 Å². The zero-order valence-electron chi connectivity index (χ0n) is 17.2. The molecule has 1 aromatic heterocycles. The highest BCUT2D eigenvalue weighted by atomic mass is 16.5. The fraction of sp³-hybridized carbons (Fsp3) is 0.409. The van der Waals surface area contributed by atoms with Gasteiger partial charge in [0.15, 0.2) is 12.8 Å². The minimum atomic E-state index is -0.824. The maximum Gasteiger partial charge on any atom is 0.405 e. The molecule has 1 heterocycles. The first-order valence-corrected chi connectivity index (χ1v) is 9.32. The third kappa shape index (κ3) is 5.55. The van der Waals surface area contributed by atoms with E-state index in [2.05, 4.69) is 52.1 Å². The number of aryl methyl sites for hydroxylation is 2. The molecule has 1 N–H and O–H groups in total. The molecule has 0 unspecified atom stereocenters. The minimum Gasteiger partial charge on any atom is -0.618 e. The number of nitrogens with zero attached hydrogens (tertiary/aromatic N) is 1. The number of esters is 1. The Morgan fingerprint density at radius 3 is 2.36 bits per heavy atom. The minimum absolute atomic E-state index is 0.0904. The summed E-state index contributed by atoms with van der Waals surface area (Å²) in [5.41, 5.74) is 4.85. The fourth-order valence-electron chi connectivity index (χ4n) is 2.99. The number of hydrogen-bond donors (Lipinski definition) is 1. The second-order valence-corrected chi connectivity index (χ2v) is 7.93. The smallest absolute Gasteiger partial charge is 0.405 e. The van der Waals surface area contributed by atoms with E-state index in [4.69, 9.17) is 4.74 Å². The van der Waals surface area contributed by atoms with E-state index in [1.54, 1.807) is 6.07 Å². The number of aromatic nitrogens is 1. The van der Waals surface area contributed by atoms with Crippen LogP contribution in [0, 0.1) is 19.1 Å². The first-order chi connectivity index (χ1) is 13.1. The van der Waals surface area contributed by atoms with Crippen molar-refractivity contribution in [2.24, 2.45) is 0 Å². The Balaban J connectivity index is 1.86. The van der Waals surface area contributed by atoms with Gasteiger partial charge in [-0.3, -0.25) is 4.79 Å². The third-order valence-electron chi connectivity index (χ3n) is 4.63. The predicted octanol–water partition coefficient (Wildman–Crippen LogP) is 2.75. The summed E-state index contributed by atoms with van der Waals surface area (Å²) in [6, 6.07) is 8.81. The van der Waals surface area contributed by atoms with Crippen LogP contribution in [0.2, 0.25) is 0 Å². The number of benzene rings is 1. The molecular formula is C22H28N2O4. The van der Waals surface area contributed by atoms with E-state index in [9.17, 15) is 14.8 Å². The van der Waals surface area contributed by atoms with Gasteiger partial charge in [0.05, 0.1) is 0 Å². The first kappa shape index (κ1) is 21.4. The molecule has 6 heteroatoms. The van der Waals surface area contributed by atoms with Crippen LogP contribution in [0.4, 0.5) is 0 Å². The highest BCUT2D eigenvalue weighted by molar-refractivity contribution is 5.88. The van der Waals surface area contributed by atoms with Gasteiger partial charge in [-0.1, -0.05) is 32.9 Å². The molecule has 0 radical (unpaired) electrons. The SMILES string of the molecule is Cc1cc(C(C)(C)C)cc(C)c1CCNC(=O)COC(=O)c1cccc[n+]1[O-]. The Kier molecular flexibility index (Phi) is 6.78. The standard InChI is InChI=1S/C22H28N2O4/c1-15-12-17(22(3,4)5)13-16(2)18(15)9-10-23-20(25)14-28-21(26)19-8-6-7-11-24(19)27/h6-8,11-13H,9-10,14H2,1-5H3,(H,23,25). The monoisotopic (exact) mass is 384 g/mol. The largest absolute Gasteiger partial charge is 0.618 e. The maximum absolute atomic E-state index is 11.9. The zero-order chi connectivity index (χ0) is 20.9. The predicted molar refractivity (Wildman–Crippen MR) is 107 cm³/mol. The summed E-state index contributed by atoms with van der Waals surface area (Å²) in [4.78, 5) is 23.8. The topological polar surface area (TPSA) is 82.3 Å². The zero-order valence-corrected chi connectivity index (χ0v) is 17.2. The van der Waals surface area contributed by atoms with Crippen LogP contribution < -0.4 is 10.0 Å². The second-order valence-electron chi connectivity index (χ2n) is 7.93. The normalized spacial score (nSPS) is 11.2. The lowest BCUT2D eigenvalue weighted by Gasteiger charge is -2.22. The molecule has 1 aromatic carbocycles. The molecule has 0 saturated carbocycles. The average molecular weight is 384 g/mol. The van der Waals surface area contributed by atoms with Crippen LogP contribution in [0.25, 0.3) is 0 Å². The number of hydrogen-bond acceptors (Lipinski definition) is 4. The molecule has 0 spiro atoms. The van der Waals surface area contributed by atoms with Crippen LogP contribution >= 0.6 is 0 Å². The van der Waals surface area contributed by atoms with Gasteiger partial charge >= 0.3 is 11.7 Å². The Labute approximate surface area is 166 Å². The van der Waals surface area contributed by atoms with Crippen molar-refractivity contribution in [2.45, 2.75) is 46.5 Å². The van der Waals surface area contributed by atoms with Crippen molar-refractivity contribution in [1.82, 2.24) is 5.32 Å². The van der Waals surface area contributed by atoms with E-state index < -0.39 is 18.5 Å². The van der Waals surface area contributed by atoms with Crippen LogP contribution in [0.5, 0.6) is 0 Å². The number of carbonyl (C=O) groups is 2. The summed E-state index contributed by atoms with van der Waals surface area (Å²) in [6.07, 6.45) is 1.90. The van der Waals surface area contributed by atoms with Gasteiger partial charge in [-0.2, -0.15) is 4.73 Å². The van der Waals surface area contributed by atoms with Gasteiger partial charge in [0, 0.05) is 18.7 Å². The molecule has 2 aromatic rings. The number of nitrogens with one attached hydrogen (secondary N) is 1. The lowest BCUT2D eigenvalue weighted by molar-refractivity contribution is -0.608. The lowest BCUT2D eigenvalue weighted by atomic mass is 9.83. The Bertz CT molecular complexity index is 846. The third-order valence-corrected chi connectivity index (χ3v) is 4.63. The van der Waals surface area contributed by atoms with Crippen LogP contribution in [0.3, 0.4) is 0 Å². The second kappa shape index (κ2) is 8.87. The molecule has 150 valence electrons. The van der Waals surface area contributed by atoms with E-state index in [1.807, 2.05) is 0 Å². The van der Waals surface area contributed by atoms with Gasteiger partial charge < -0.3 is 15.3 Å². The van der Waals surface area contributed by atoms with Crippen LogP contribution in [-0.2, 0) is 21.4 Å². The molecule has 0 bridgehead atoms. The summed E-state index contributed by atoms with van der Waals surface area (Å²) in [5, 5.41) is 14.2.